The largest absolute Gasteiger partial charge is 0.329 e. The number of hydrogen-bond donors (Lipinski definition) is 0. The van der Waals surface area contributed by atoms with Crippen LogP contribution in [0.15, 0.2) is 30.6 Å². The fourth-order valence-electron chi connectivity index (χ4n) is 1.62. The van der Waals surface area contributed by atoms with E-state index in [1.165, 1.54) is 6.07 Å². The van der Waals surface area contributed by atoms with Crippen molar-refractivity contribution in [3.05, 3.63) is 36.5 Å². The zero-order valence-corrected chi connectivity index (χ0v) is 9.39. The van der Waals surface area contributed by atoms with Crippen molar-refractivity contribution in [2.24, 2.45) is 5.92 Å². The minimum Gasteiger partial charge on any atom is -0.329 e. The van der Waals surface area contributed by atoms with Gasteiger partial charge >= 0.3 is 0 Å². The summed E-state index contributed by atoms with van der Waals surface area (Å²) in [5.41, 5.74) is 0.575. The van der Waals surface area contributed by atoms with Crippen molar-refractivity contribution < 1.29 is 4.39 Å². The molecule has 0 radical (unpaired) electrons. The number of hydrogen-bond acceptors (Lipinski definition) is 2. The van der Waals surface area contributed by atoms with Crippen LogP contribution >= 0.6 is 0 Å². The maximum atomic E-state index is 13.0. The van der Waals surface area contributed by atoms with Crippen molar-refractivity contribution in [1.82, 2.24) is 14.5 Å². The number of imidazole rings is 1. The van der Waals surface area contributed by atoms with Gasteiger partial charge in [0.2, 0.25) is 5.95 Å². The number of pyridine rings is 1. The van der Waals surface area contributed by atoms with E-state index < -0.39 is 5.95 Å². The van der Waals surface area contributed by atoms with Gasteiger partial charge < -0.3 is 4.57 Å². The first-order valence-electron chi connectivity index (χ1n) is 5.31. The van der Waals surface area contributed by atoms with Crippen LogP contribution in [0.3, 0.4) is 0 Å². The first-order valence-corrected chi connectivity index (χ1v) is 5.31. The third-order valence-corrected chi connectivity index (χ3v) is 2.22. The lowest BCUT2D eigenvalue weighted by Crippen LogP contribution is -2.06. The normalized spacial score (nSPS) is 11.0. The summed E-state index contributed by atoms with van der Waals surface area (Å²) >= 11 is 0. The van der Waals surface area contributed by atoms with Gasteiger partial charge in [-0.25, -0.2) is 9.97 Å². The third kappa shape index (κ3) is 2.27. The molecule has 0 saturated heterocycles. The highest BCUT2D eigenvalue weighted by molar-refractivity contribution is 5.49. The van der Waals surface area contributed by atoms with Crippen molar-refractivity contribution in [2.75, 3.05) is 0 Å². The summed E-state index contributed by atoms with van der Waals surface area (Å²) in [6, 6.07) is 4.74. The van der Waals surface area contributed by atoms with Crippen molar-refractivity contribution in [3.8, 4) is 11.5 Å². The smallest absolute Gasteiger partial charge is 0.213 e. The summed E-state index contributed by atoms with van der Waals surface area (Å²) in [5.74, 6) is 0.756. The van der Waals surface area contributed by atoms with E-state index in [4.69, 9.17) is 0 Å². The summed E-state index contributed by atoms with van der Waals surface area (Å²) in [6.45, 7) is 5.11. The molecule has 0 N–H and O–H groups in total. The predicted molar refractivity (Wildman–Crippen MR) is 60.3 cm³/mol. The van der Waals surface area contributed by atoms with Gasteiger partial charge in [0.15, 0.2) is 5.82 Å². The molecule has 0 aliphatic rings. The van der Waals surface area contributed by atoms with Gasteiger partial charge in [-0.3, -0.25) is 0 Å². The van der Waals surface area contributed by atoms with E-state index in [0.717, 1.165) is 6.54 Å². The van der Waals surface area contributed by atoms with Gasteiger partial charge in [-0.2, -0.15) is 4.39 Å². The monoisotopic (exact) mass is 219 g/mol. The Balaban J connectivity index is 2.37. The Morgan fingerprint density at radius 2 is 2.19 bits per heavy atom. The number of halogens is 1. The fraction of sp³-hybridized carbons (Fsp3) is 0.333. The van der Waals surface area contributed by atoms with Crippen LogP contribution in [0.1, 0.15) is 13.8 Å². The van der Waals surface area contributed by atoms with E-state index in [9.17, 15) is 4.39 Å². The van der Waals surface area contributed by atoms with E-state index >= 15 is 0 Å². The molecule has 2 aromatic heterocycles. The van der Waals surface area contributed by atoms with Crippen molar-refractivity contribution in [3.63, 3.8) is 0 Å². The number of nitrogens with zero attached hydrogens (tertiary/aromatic N) is 3. The van der Waals surface area contributed by atoms with Crippen LogP contribution in [0.2, 0.25) is 0 Å². The summed E-state index contributed by atoms with van der Waals surface area (Å²) in [6.07, 6.45) is 3.60. The van der Waals surface area contributed by atoms with Gasteiger partial charge in [0.25, 0.3) is 0 Å². The van der Waals surface area contributed by atoms with Crippen LogP contribution < -0.4 is 0 Å². The molecule has 0 unspecified atom stereocenters. The van der Waals surface area contributed by atoms with Crippen LogP contribution in [0.4, 0.5) is 4.39 Å². The van der Waals surface area contributed by atoms with E-state index in [1.807, 2.05) is 10.8 Å². The summed E-state index contributed by atoms with van der Waals surface area (Å²) < 4.78 is 15.0. The van der Waals surface area contributed by atoms with E-state index in [0.29, 0.717) is 17.4 Å². The SMILES string of the molecule is CC(C)Cn1ccnc1-c1cccc(F)n1. The van der Waals surface area contributed by atoms with Gasteiger partial charge in [0, 0.05) is 18.9 Å². The summed E-state index contributed by atoms with van der Waals surface area (Å²) in [4.78, 5) is 8.05. The molecule has 16 heavy (non-hydrogen) atoms. The highest BCUT2D eigenvalue weighted by atomic mass is 19.1. The predicted octanol–water partition coefficient (Wildman–Crippen LogP) is 2.74. The van der Waals surface area contributed by atoms with E-state index in [1.54, 1.807) is 18.3 Å². The number of aromatic nitrogens is 3. The van der Waals surface area contributed by atoms with Gasteiger partial charge in [-0.15, -0.1) is 0 Å². The lowest BCUT2D eigenvalue weighted by molar-refractivity contribution is 0.525. The molecule has 0 saturated carbocycles. The average molecular weight is 219 g/mol. The quantitative estimate of drug-likeness (QED) is 0.743. The third-order valence-electron chi connectivity index (χ3n) is 2.22. The Kier molecular flexibility index (Phi) is 2.99. The van der Waals surface area contributed by atoms with Crippen LogP contribution in [0.5, 0.6) is 0 Å². The van der Waals surface area contributed by atoms with Crippen LogP contribution in [0.25, 0.3) is 11.5 Å². The minimum absolute atomic E-state index is 0.475. The lowest BCUT2D eigenvalue weighted by Gasteiger charge is -2.09. The van der Waals surface area contributed by atoms with Crippen molar-refractivity contribution in [2.45, 2.75) is 20.4 Å². The Morgan fingerprint density at radius 3 is 2.88 bits per heavy atom. The zero-order valence-electron chi connectivity index (χ0n) is 9.39. The Labute approximate surface area is 94.0 Å². The van der Waals surface area contributed by atoms with Crippen LogP contribution in [-0.2, 0) is 6.54 Å². The highest BCUT2D eigenvalue weighted by Gasteiger charge is 2.08. The summed E-state index contributed by atoms with van der Waals surface area (Å²) in [5, 5.41) is 0. The molecule has 0 atom stereocenters. The molecular weight excluding hydrogens is 205 g/mol. The highest BCUT2D eigenvalue weighted by Crippen LogP contribution is 2.16. The average Bonchev–Trinajstić information content (AvgIpc) is 2.65. The van der Waals surface area contributed by atoms with Gasteiger partial charge in [-0.05, 0) is 18.1 Å². The standard InChI is InChI=1S/C12H14FN3/c1-9(2)8-16-7-6-14-12(16)10-4-3-5-11(13)15-10/h3-7,9H,8H2,1-2H3. The maximum Gasteiger partial charge on any atom is 0.213 e. The second-order valence-corrected chi connectivity index (χ2v) is 4.14. The molecule has 2 rings (SSSR count). The van der Waals surface area contributed by atoms with Crippen molar-refractivity contribution in [1.29, 1.82) is 0 Å². The molecule has 0 spiro atoms. The fourth-order valence-corrected chi connectivity index (χ4v) is 1.62. The van der Waals surface area contributed by atoms with Gasteiger partial charge in [-0.1, -0.05) is 19.9 Å². The topological polar surface area (TPSA) is 30.7 Å². The minimum atomic E-state index is -0.475. The van der Waals surface area contributed by atoms with Gasteiger partial charge in [0.1, 0.15) is 5.69 Å². The molecule has 0 aliphatic heterocycles. The molecule has 0 aliphatic carbocycles. The first kappa shape index (κ1) is 10.8. The molecule has 84 valence electrons. The Bertz CT molecular complexity index is 477. The van der Waals surface area contributed by atoms with E-state index in [-0.39, 0.29) is 0 Å². The zero-order chi connectivity index (χ0) is 11.5. The van der Waals surface area contributed by atoms with E-state index in [2.05, 4.69) is 23.8 Å². The first-order chi connectivity index (χ1) is 7.66. The molecular formula is C12H14FN3. The maximum absolute atomic E-state index is 13.0. The second-order valence-electron chi connectivity index (χ2n) is 4.14. The number of rotatable bonds is 3. The molecule has 0 bridgehead atoms. The second kappa shape index (κ2) is 4.43. The lowest BCUT2D eigenvalue weighted by atomic mass is 10.2. The molecule has 3 nitrogen and oxygen atoms in total. The molecule has 0 amide bonds. The molecule has 0 aromatic carbocycles. The molecule has 2 aromatic rings. The van der Waals surface area contributed by atoms with Crippen molar-refractivity contribution >= 4 is 0 Å². The van der Waals surface area contributed by atoms with Gasteiger partial charge in [0.05, 0.1) is 0 Å². The molecule has 0 fully saturated rings. The Morgan fingerprint density at radius 1 is 1.38 bits per heavy atom. The summed E-state index contributed by atoms with van der Waals surface area (Å²) in [7, 11) is 0. The van der Waals surface area contributed by atoms with Crippen LogP contribution in [-0.4, -0.2) is 14.5 Å². The molecule has 2 heterocycles. The molecule has 4 heteroatoms. The van der Waals surface area contributed by atoms with Crippen LogP contribution in [0, 0.1) is 11.9 Å². The Hall–Kier alpha value is -1.71.